The van der Waals surface area contributed by atoms with Gasteiger partial charge in [-0.05, 0) is 50.1 Å². The highest BCUT2D eigenvalue weighted by molar-refractivity contribution is 7.89. The predicted octanol–water partition coefficient (Wildman–Crippen LogP) is 2.11. The Hall–Kier alpha value is -2.97. The van der Waals surface area contributed by atoms with Gasteiger partial charge in [-0.3, -0.25) is 4.79 Å². The molecule has 1 amide bonds. The maximum Gasteiger partial charge on any atom is 0.255 e. The van der Waals surface area contributed by atoms with Gasteiger partial charge in [0.15, 0.2) is 0 Å². The van der Waals surface area contributed by atoms with Gasteiger partial charge in [0, 0.05) is 6.54 Å². The smallest absolute Gasteiger partial charge is 0.255 e. The molecule has 0 saturated carbocycles. The number of primary sulfonamides is 1. The summed E-state index contributed by atoms with van der Waals surface area (Å²) in [6.07, 6.45) is 0.571. The Morgan fingerprint density at radius 1 is 1.07 bits per heavy atom. The molecule has 0 spiro atoms. The minimum atomic E-state index is -3.70. The second kappa shape index (κ2) is 7.95. The van der Waals surface area contributed by atoms with Crippen molar-refractivity contribution >= 4 is 15.9 Å². The first kappa shape index (κ1) is 19.8. The zero-order valence-electron chi connectivity index (χ0n) is 15.7. The summed E-state index contributed by atoms with van der Waals surface area (Å²) in [5, 5.41) is 12.5. The van der Waals surface area contributed by atoms with Crippen LogP contribution in [0.15, 0.2) is 59.5 Å². The van der Waals surface area contributed by atoms with E-state index in [1.54, 1.807) is 16.8 Å². The molecule has 3 N–H and O–H groups in total. The Morgan fingerprint density at radius 3 is 2.32 bits per heavy atom. The number of nitrogens with two attached hydrogens (primary N) is 1. The van der Waals surface area contributed by atoms with Crippen molar-refractivity contribution in [3.05, 3.63) is 77.1 Å². The van der Waals surface area contributed by atoms with Crippen molar-refractivity contribution in [2.45, 2.75) is 25.2 Å². The first-order chi connectivity index (χ1) is 13.3. The van der Waals surface area contributed by atoms with Crippen LogP contribution < -0.4 is 10.5 Å². The lowest BCUT2D eigenvalue weighted by molar-refractivity contribution is 0.0953. The standard InChI is InChI=1S/C20H22N4O3S/c1-14-19(15(2)24(23-14)17-6-4-3-5-7-17)20(25)22-13-12-16-8-10-18(11-9-16)28(21,26)27/h3-11H,12-13H2,1-2H3,(H,22,25)(H2,21,26,27). The fraction of sp³-hybridized carbons (Fsp3) is 0.200. The van der Waals surface area contributed by atoms with Crippen molar-refractivity contribution in [1.29, 1.82) is 0 Å². The molecule has 0 bridgehead atoms. The Bertz CT molecular complexity index is 1090. The third-order valence-corrected chi connectivity index (χ3v) is 5.40. The topological polar surface area (TPSA) is 107 Å². The molecular weight excluding hydrogens is 376 g/mol. The number of amides is 1. The molecule has 0 fully saturated rings. The number of hydrogen-bond acceptors (Lipinski definition) is 4. The number of rotatable bonds is 6. The minimum Gasteiger partial charge on any atom is -0.352 e. The maximum atomic E-state index is 12.6. The molecule has 8 heteroatoms. The summed E-state index contributed by atoms with van der Waals surface area (Å²) < 4.78 is 24.3. The van der Waals surface area contributed by atoms with Crippen LogP contribution in [0.4, 0.5) is 0 Å². The van der Waals surface area contributed by atoms with E-state index in [9.17, 15) is 13.2 Å². The Kier molecular flexibility index (Phi) is 5.62. The first-order valence-electron chi connectivity index (χ1n) is 8.79. The zero-order valence-corrected chi connectivity index (χ0v) is 16.5. The van der Waals surface area contributed by atoms with Crippen LogP contribution in [0.3, 0.4) is 0 Å². The van der Waals surface area contributed by atoms with Crippen molar-refractivity contribution in [3.63, 3.8) is 0 Å². The number of nitrogens with one attached hydrogen (secondary N) is 1. The average molecular weight is 398 g/mol. The molecule has 28 heavy (non-hydrogen) atoms. The van der Waals surface area contributed by atoms with Crippen LogP contribution >= 0.6 is 0 Å². The van der Waals surface area contributed by atoms with Crippen LogP contribution in [0.2, 0.25) is 0 Å². The molecule has 1 aromatic heterocycles. The normalized spacial score (nSPS) is 11.4. The molecule has 0 saturated heterocycles. The number of sulfonamides is 1. The van der Waals surface area contributed by atoms with Crippen LogP contribution in [0.1, 0.15) is 27.3 Å². The minimum absolute atomic E-state index is 0.0693. The number of benzene rings is 2. The summed E-state index contributed by atoms with van der Waals surface area (Å²) in [6.45, 7) is 4.10. The van der Waals surface area contributed by atoms with Gasteiger partial charge in [-0.2, -0.15) is 5.10 Å². The lowest BCUT2D eigenvalue weighted by Crippen LogP contribution is -2.26. The maximum absolute atomic E-state index is 12.6. The molecule has 0 aliphatic heterocycles. The van der Waals surface area contributed by atoms with E-state index in [-0.39, 0.29) is 10.8 Å². The van der Waals surface area contributed by atoms with E-state index in [1.165, 1.54) is 12.1 Å². The van der Waals surface area contributed by atoms with E-state index in [1.807, 2.05) is 44.2 Å². The van der Waals surface area contributed by atoms with E-state index in [0.29, 0.717) is 24.2 Å². The van der Waals surface area contributed by atoms with Crippen molar-refractivity contribution in [2.24, 2.45) is 5.14 Å². The number of aromatic nitrogens is 2. The summed E-state index contributed by atoms with van der Waals surface area (Å²) in [4.78, 5) is 12.7. The highest BCUT2D eigenvalue weighted by Gasteiger charge is 2.19. The molecule has 1 heterocycles. The molecule has 0 aliphatic rings. The van der Waals surface area contributed by atoms with E-state index in [4.69, 9.17) is 5.14 Å². The van der Waals surface area contributed by atoms with Crippen LogP contribution in [-0.4, -0.2) is 30.7 Å². The summed E-state index contributed by atoms with van der Waals surface area (Å²) >= 11 is 0. The lowest BCUT2D eigenvalue weighted by Gasteiger charge is -2.07. The lowest BCUT2D eigenvalue weighted by atomic mass is 10.1. The predicted molar refractivity (Wildman–Crippen MR) is 107 cm³/mol. The van der Waals surface area contributed by atoms with Crippen molar-refractivity contribution in [2.75, 3.05) is 6.54 Å². The quantitative estimate of drug-likeness (QED) is 0.663. The van der Waals surface area contributed by atoms with E-state index >= 15 is 0 Å². The Balaban J connectivity index is 1.66. The van der Waals surface area contributed by atoms with Gasteiger partial charge < -0.3 is 5.32 Å². The van der Waals surface area contributed by atoms with E-state index in [0.717, 1.165) is 16.9 Å². The van der Waals surface area contributed by atoms with Gasteiger partial charge >= 0.3 is 0 Å². The third kappa shape index (κ3) is 4.29. The van der Waals surface area contributed by atoms with Crippen molar-refractivity contribution in [1.82, 2.24) is 15.1 Å². The molecule has 0 aliphatic carbocycles. The second-order valence-corrected chi connectivity index (χ2v) is 8.05. The fourth-order valence-corrected chi connectivity index (χ4v) is 3.56. The number of aryl methyl sites for hydroxylation is 1. The van der Waals surface area contributed by atoms with Gasteiger partial charge in [0.2, 0.25) is 10.0 Å². The molecule has 0 radical (unpaired) electrons. The van der Waals surface area contributed by atoms with Crippen molar-refractivity contribution < 1.29 is 13.2 Å². The van der Waals surface area contributed by atoms with Crippen LogP contribution in [0, 0.1) is 13.8 Å². The van der Waals surface area contributed by atoms with Gasteiger partial charge in [-0.15, -0.1) is 0 Å². The molecule has 0 unspecified atom stereocenters. The Morgan fingerprint density at radius 2 is 1.71 bits per heavy atom. The second-order valence-electron chi connectivity index (χ2n) is 6.49. The largest absolute Gasteiger partial charge is 0.352 e. The van der Waals surface area contributed by atoms with Crippen LogP contribution in [0.25, 0.3) is 5.69 Å². The van der Waals surface area contributed by atoms with Gasteiger partial charge in [-0.25, -0.2) is 18.2 Å². The Labute approximate surface area is 164 Å². The molecular formula is C20H22N4O3S. The van der Waals surface area contributed by atoms with Crippen LogP contribution in [-0.2, 0) is 16.4 Å². The SMILES string of the molecule is Cc1nn(-c2ccccc2)c(C)c1C(=O)NCCc1ccc(S(N)(=O)=O)cc1. The van der Waals surface area contributed by atoms with Crippen molar-refractivity contribution in [3.8, 4) is 5.69 Å². The van der Waals surface area contributed by atoms with E-state index in [2.05, 4.69) is 10.4 Å². The van der Waals surface area contributed by atoms with Gasteiger partial charge in [0.05, 0.1) is 27.5 Å². The monoisotopic (exact) mass is 398 g/mol. The number of hydrogen-bond donors (Lipinski definition) is 2. The third-order valence-electron chi connectivity index (χ3n) is 4.47. The first-order valence-corrected chi connectivity index (χ1v) is 10.3. The fourth-order valence-electron chi connectivity index (χ4n) is 3.05. The van der Waals surface area contributed by atoms with Gasteiger partial charge in [0.25, 0.3) is 5.91 Å². The summed E-state index contributed by atoms with van der Waals surface area (Å²) in [7, 11) is -3.70. The number of carbonyl (C=O) groups is 1. The van der Waals surface area contributed by atoms with Gasteiger partial charge in [0.1, 0.15) is 0 Å². The molecule has 0 atom stereocenters. The highest BCUT2D eigenvalue weighted by atomic mass is 32.2. The highest BCUT2D eigenvalue weighted by Crippen LogP contribution is 2.17. The molecule has 146 valence electrons. The molecule has 7 nitrogen and oxygen atoms in total. The number of para-hydroxylation sites is 1. The average Bonchev–Trinajstić information content (AvgIpc) is 2.96. The summed E-state index contributed by atoms with van der Waals surface area (Å²) in [6, 6.07) is 16.0. The number of nitrogens with zero attached hydrogens (tertiary/aromatic N) is 2. The van der Waals surface area contributed by atoms with E-state index < -0.39 is 10.0 Å². The molecule has 2 aromatic carbocycles. The summed E-state index contributed by atoms with van der Waals surface area (Å²) in [5.41, 5.74) is 3.81. The molecule has 3 rings (SSSR count). The van der Waals surface area contributed by atoms with Crippen LogP contribution in [0.5, 0.6) is 0 Å². The number of carbonyl (C=O) groups excluding carboxylic acids is 1. The van der Waals surface area contributed by atoms with Gasteiger partial charge in [-0.1, -0.05) is 30.3 Å². The molecule has 3 aromatic rings. The zero-order chi connectivity index (χ0) is 20.3. The summed E-state index contributed by atoms with van der Waals surface area (Å²) in [5.74, 6) is -0.182.